The minimum Gasteiger partial charge on any atom is -0.379 e. The fraction of sp³-hybridized carbons (Fsp3) is 0.562. The Kier molecular flexibility index (Phi) is 5.19. The van der Waals surface area contributed by atoms with Gasteiger partial charge in [-0.1, -0.05) is 5.16 Å². The fourth-order valence-corrected chi connectivity index (χ4v) is 2.54. The molecule has 2 aromatic heterocycles. The summed E-state index contributed by atoms with van der Waals surface area (Å²) >= 11 is 0. The quantitative estimate of drug-likeness (QED) is 0.784. The standard InChI is InChI=1S/C16H21N3O4/c1-11-14-8-12(9-18-16(14)23-19-11)15(20)17-5-3-6-21-10-13-4-2-7-22-13/h8-9,13H,2-7,10H2,1H3,(H,17,20). The number of amides is 1. The van der Waals surface area contributed by atoms with E-state index in [1.54, 1.807) is 6.07 Å². The van der Waals surface area contributed by atoms with Crippen LogP contribution in [0.15, 0.2) is 16.8 Å². The van der Waals surface area contributed by atoms with Gasteiger partial charge in [-0.15, -0.1) is 0 Å². The van der Waals surface area contributed by atoms with Gasteiger partial charge in [0.05, 0.1) is 29.4 Å². The van der Waals surface area contributed by atoms with Crippen molar-refractivity contribution in [3.8, 4) is 0 Å². The van der Waals surface area contributed by atoms with Crippen molar-refractivity contribution in [2.24, 2.45) is 0 Å². The number of rotatable bonds is 7. The minimum absolute atomic E-state index is 0.154. The zero-order chi connectivity index (χ0) is 16.1. The van der Waals surface area contributed by atoms with Crippen LogP contribution in [0.4, 0.5) is 0 Å². The van der Waals surface area contributed by atoms with E-state index in [0.29, 0.717) is 31.0 Å². The first-order valence-corrected chi connectivity index (χ1v) is 7.93. The van der Waals surface area contributed by atoms with Crippen LogP contribution in [0.2, 0.25) is 0 Å². The highest BCUT2D eigenvalue weighted by Crippen LogP contribution is 2.16. The molecule has 0 spiro atoms. The molecule has 0 aromatic carbocycles. The molecule has 124 valence electrons. The van der Waals surface area contributed by atoms with Crippen LogP contribution in [0.3, 0.4) is 0 Å². The van der Waals surface area contributed by atoms with Crippen molar-refractivity contribution in [2.75, 3.05) is 26.4 Å². The van der Waals surface area contributed by atoms with Crippen LogP contribution >= 0.6 is 0 Å². The van der Waals surface area contributed by atoms with Gasteiger partial charge in [0.1, 0.15) is 0 Å². The Labute approximate surface area is 134 Å². The van der Waals surface area contributed by atoms with Crippen molar-refractivity contribution in [1.29, 1.82) is 0 Å². The molecule has 1 fully saturated rings. The summed E-state index contributed by atoms with van der Waals surface area (Å²) in [6, 6.07) is 1.75. The van der Waals surface area contributed by atoms with E-state index in [1.165, 1.54) is 6.20 Å². The lowest BCUT2D eigenvalue weighted by Gasteiger charge is -2.10. The molecule has 7 nitrogen and oxygen atoms in total. The van der Waals surface area contributed by atoms with Crippen LogP contribution in [0.25, 0.3) is 11.1 Å². The first-order valence-electron chi connectivity index (χ1n) is 7.93. The number of nitrogens with zero attached hydrogens (tertiary/aromatic N) is 2. The Morgan fingerprint density at radius 3 is 3.26 bits per heavy atom. The number of aromatic nitrogens is 2. The maximum absolute atomic E-state index is 12.1. The Morgan fingerprint density at radius 1 is 1.52 bits per heavy atom. The average Bonchev–Trinajstić information content (AvgIpc) is 3.20. The summed E-state index contributed by atoms with van der Waals surface area (Å²) in [5.41, 5.74) is 1.68. The van der Waals surface area contributed by atoms with Crippen LogP contribution in [-0.2, 0) is 9.47 Å². The molecule has 7 heteroatoms. The molecule has 3 rings (SSSR count). The Balaban J connectivity index is 1.39. The van der Waals surface area contributed by atoms with E-state index >= 15 is 0 Å². The smallest absolute Gasteiger partial charge is 0.257 e. The molecule has 1 atom stereocenters. The van der Waals surface area contributed by atoms with Gasteiger partial charge in [-0.25, -0.2) is 4.98 Å². The molecule has 1 saturated heterocycles. The van der Waals surface area contributed by atoms with Gasteiger partial charge in [0.25, 0.3) is 11.6 Å². The third-order valence-corrected chi connectivity index (χ3v) is 3.85. The summed E-state index contributed by atoms with van der Waals surface area (Å²) in [5.74, 6) is -0.154. The SMILES string of the molecule is Cc1noc2ncc(C(=O)NCCCOCC3CCCO3)cc12. The van der Waals surface area contributed by atoms with Crippen LogP contribution in [-0.4, -0.2) is 48.5 Å². The highest BCUT2D eigenvalue weighted by atomic mass is 16.5. The second-order valence-corrected chi connectivity index (χ2v) is 5.66. The molecule has 0 bridgehead atoms. The van der Waals surface area contributed by atoms with Crippen LogP contribution < -0.4 is 5.32 Å². The molecular formula is C16H21N3O4. The fourth-order valence-electron chi connectivity index (χ4n) is 2.54. The second-order valence-electron chi connectivity index (χ2n) is 5.66. The summed E-state index contributed by atoms with van der Waals surface area (Å²) in [7, 11) is 0. The third kappa shape index (κ3) is 4.05. The van der Waals surface area contributed by atoms with Crippen molar-refractivity contribution in [3.05, 3.63) is 23.5 Å². The van der Waals surface area contributed by atoms with E-state index in [-0.39, 0.29) is 12.0 Å². The topological polar surface area (TPSA) is 86.5 Å². The molecule has 0 saturated carbocycles. The largest absolute Gasteiger partial charge is 0.379 e. The summed E-state index contributed by atoms with van der Waals surface area (Å²) in [6.45, 7) is 4.48. The van der Waals surface area contributed by atoms with Gasteiger partial charge in [-0.05, 0) is 32.3 Å². The summed E-state index contributed by atoms with van der Waals surface area (Å²) in [5, 5.41) is 7.45. The lowest BCUT2D eigenvalue weighted by Crippen LogP contribution is -2.25. The molecule has 1 amide bonds. The van der Waals surface area contributed by atoms with E-state index in [4.69, 9.17) is 14.0 Å². The van der Waals surface area contributed by atoms with E-state index in [2.05, 4.69) is 15.5 Å². The molecule has 2 aromatic rings. The molecule has 0 aliphatic carbocycles. The maximum Gasteiger partial charge on any atom is 0.257 e. The molecule has 0 radical (unpaired) electrons. The van der Waals surface area contributed by atoms with Gasteiger partial charge in [-0.2, -0.15) is 0 Å². The molecule has 1 aliphatic rings. The van der Waals surface area contributed by atoms with Gasteiger partial charge in [-0.3, -0.25) is 4.79 Å². The normalized spacial score (nSPS) is 17.7. The predicted octanol–water partition coefficient (Wildman–Crippen LogP) is 1.85. The molecule has 1 N–H and O–H groups in total. The predicted molar refractivity (Wildman–Crippen MR) is 83.3 cm³/mol. The van der Waals surface area contributed by atoms with Crippen molar-refractivity contribution in [1.82, 2.24) is 15.5 Å². The number of nitrogens with one attached hydrogen (secondary N) is 1. The third-order valence-electron chi connectivity index (χ3n) is 3.85. The minimum atomic E-state index is -0.154. The van der Waals surface area contributed by atoms with Crippen molar-refractivity contribution >= 4 is 17.0 Å². The molecule has 23 heavy (non-hydrogen) atoms. The van der Waals surface area contributed by atoms with E-state index in [1.807, 2.05) is 6.92 Å². The van der Waals surface area contributed by atoms with Gasteiger partial charge >= 0.3 is 0 Å². The highest BCUT2D eigenvalue weighted by Gasteiger charge is 2.15. The Bertz CT molecular complexity index is 664. The van der Waals surface area contributed by atoms with E-state index in [9.17, 15) is 4.79 Å². The van der Waals surface area contributed by atoms with E-state index < -0.39 is 0 Å². The monoisotopic (exact) mass is 319 g/mol. The molecule has 1 unspecified atom stereocenters. The average molecular weight is 319 g/mol. The lowest BCUT2D eigenvalue weighted by atomic mass is 10.2. The summed E-state index contributed by atoms with van der Waals surface area (Å²) < 4.78 is 16.1. The van der Waals surface area contributed by atoms with Crippen LogP contribution in [0.1, 0.15) is 35.3 Å². The van der Waals surface area contributed by atoms with Crippen LogP contribution in [0, 0.1) is 6.92 Å². The molecule has 3 heterocycles. The molecular weight excluding hydrogens is 298 g/mol. The van der Waals surface area contributed by atoms with Crippen LogP contribution in [0.5, 0.6) is 0 Å². The second kappa shape index (κ2) is 7.52. The highest BCUT2D eigenvalue weighted by molar-refractivity contribution is 5.96. The number of aryl methyl sites for hydroxylation is 1. The Hall–Kier alpha value is -1.99. The number of ether oxygens (including phenoxy) is 2. The summed E-state index contributed by atoms with van der Waals surface area (Å²) in [4.78, 5) is 16.2. The van der Waals surface area contributed by atoms with Crippen molar-refractivity contribution in [3.63, 3.8) is 0 Å². The van der Waals surface area contributed by atoms with Gasteiger partial charge in [0, 0.05) is 26.0 Å². The zero-order valence-corrected chi connectivity index (χ0v) is 13.2. The zero-order valence-electron chi connectivity index (χ0n) is 13.2. The van der Waals surface area contributed by atoms with Crippen molar-refractivity contribution < 1.29 is 18.8 Å². The first-order chi connectivity index (χ1) is 11.2. The van der Waals surface area contributed by atoms with Gasteiger partial charge < -0.3 is 19.3 Å². The Morgan fingerprint density at radius 2 is 2.43 bits per heavy atom. The first kappa shape index (κ1) is 15.9. The summed E-state index contributed by atoms with van der Waals surface area (Å²) in [6.07, 6.45) is 4.70. The lowest BCUT2D eigenvalue weighted by molar-refractivity contribution is 0.0166. The number of fused-ring (bicyclic) bond motifs is 1. The maximum atomic E-state index is 12.1. The number of hydrogen-bond donors (Lipinski definition) is 1. The number of pyridine rings is 1. The number of carbonyl (C=O) groups is 1. The van der Waals surface area contributed by atoms with Crippen molar-refractivity contribution in [2.45, 2.75) is 32.3 Å². The van der Waals surface area contributed by atoms with Gasteiger partial charge in [0.15, 0.2) is 0 Å². The van der Waals surface area contributed by atoms with E-state index in [0.717, 1.165) is 36.9 Å². The number of carbonyl (C=O) groups excluding carboxylic acids is 1. The number of hydrogen-bond acceptors (Lipinski definition) is 6. The van der Waals surface area contributed by atoms with Gasteiger partial charge in [0.2, 0.25) is 0 Å². The molecule has 1 aliphatic heterocycles.